The van der Waals surface area contributed by atoms with Crippen molar-refractivity contribution in [2.45, 2.75) is 0 Å². The summed E-state index contributed by atoms with van der Waals surface area (Å²) in [5.74, 6) is 0. The van der Waals surface area contributed by atoms with Gasteiger partial charge < -0.3 is 5.11 Å². The summed E-state index contributed by atoms with van der Waals surface area (Å²) in [6.45, 7) is 0.106. The summed E-state index contributed by atoms with van der Waals surface area (Å²) in [4.78, 5) is 0. The summed E-state index contributed by atoms with van der Waals surface area (Å²) in [5, 5.41) is 8.73. The third-order valence-corrected chi connectivity index (χ3v) is 1.25. The highest BCUT2D eigenvalue weighted by molar-refractivity contribution is 5.30. The predicted octanol–water partition coefficient (Wildman–Crippen LogP) is 1.59. The zero-order valence-electron chi connectivity index (χ0n) is 5.70. The number of aliphatic hydroxyl groups is 1. The van der Waals surface area contributed by atoms with Gasteiger partial charge in [0.15, 0.2) is 0 Å². The van der Waals surface area contributed by atoms with Crippen molar-refractivity contribution in [3.05, 3.63) is 48.1 Å². The van der Waals surface area contributed by atoms with Gasteiger partial charge in [-0.25, -0.2) is 0 Å². The van der Waals surface area contributed by atoms with Crippen LogP contribution in [0.4, 0.5) is 0 Å². The lowest BCUT2D eigenvalue weighted by molar-refractivity contribution is 0.335. The summed E-state index contributed by atoms with van der Waals surface area (Å²) in [5.41, 5.74) is 0.931. The first-order valence-corrected chi connectivity index (χ1v) is 3.25. The van der Waals surface area contributed by atoms with E-state index >= 15 is 0 Å². The molecule has 1 aliphatic carbocycles. The Labute approximate surface area is 60.7 Å². The van der Waals surface area contributed by atoms with Crippen LogP contribution in [0, 0.1) is 0 Å². The van der Waals surface area contributed by atoms with Crippen molar-refractivity contribution in [1.29, 1.82) is 0 Å². The van der Waals surface area contributed by atoms with E-state index in [0.29, 0.717) is 0 Å². The van der Waals surface area contributed by atoms with E-state index in [0.717, 1.165) is 5.57 Å². The molecule has 0 aromatic rings. The molecule has 1 heteroatoms. The van der Waals surface area contributed by atoms with E-state index in [1.165, 1.54) is 0 Å². The lowest BCUT2D eigenvalue weighted by Gasteiger charge is -1.93. The van der Waals surface area contributed by atoms with Gasteiger partial charge in [0.1, 0.15) is 0 Å². The van der Waals surface area contributed by atoms with Crippen LogP contribution in [0.15, 0.2) is 48.1 Å². The zero-order valence-corrected chi connectivity index (χ0v) is 5.70. The van der Waals surface area contributed by atoms with Crippen molar-refractivity contribution in [1.82, 2.24) is 0 Å². The molecule has 1 aliphatic rings. The maximum Gasteiger partial charge on any atom is 0.0681 e. The van der Waals surface area contributed by atoms with Crippen LogP contribution in [-0.4, -0.2) is 11.7 Å². The minimum atomic E-state index is 0.106. The fourth-order valence-electron chi connectivity index (χ4n) is 0.712. The molecule has 52 valence electrons. The molecule has 0 spiro atoms. The molecule has 0 atom stereocenters. The van der Waals surface area contributed by atoms with E-state index in [1.807, 2.05) is 42.5 Å². The Morgan fingerprint density at radius 2 is 1.70 bits per heavy atom. The van der Waals surface area contributed by atoms with E-state index in [4.69, 9.17) is 5.11 Å². The molecular weight excluding hydrogens is 124 g/mol. The van der Waals surface area contributed by atoms with Gasteiger partial charge in [0, 0.05) is 0 Å². The summed E-state index contributed by atoms with van der Waals surface area (Å²) in [6.07, 6.45) is 13.4. The van der Waals surface area contributed by atoms with Crippen molar-refractivity contribution >= 4 is 0 Å². The highest BCUT2D eigenvalue weighted by atomic mass is 16.3. The number of hydrogen-bond donors (Lipinski definition) is 1. The van der Waals surface area contributed by atoms with Crippen LogP contribution in [0.5, 0.6) is 0 Å². The Hall–Kier alpha value is -1.08. The van der Waals surface area contributed by atoms with E-state index < -0.39 is 0 Å². The molecule has 1 nitrogen and oxygen atoms in total. The predicted molar refractivity (Wildman–Crippen MR) is 42.6 cm³/mol. The first-order chi connectivity index (χ1) is 4.93. The third-order valence-electron chi connectivity index (χ3n) is 1.25. The Bertz CT molecular complexity index is 207. The topological polar surface area (TPSA) is 20.2 Å². The summed E-state index contributed by atoms with van der Waals surface area (Å²) in [6, 6.07) is 0. The van der Waals surface area contributed by atoms with Crippen LogP contribution in [0.1, 0.15) is 0 Å². The summed E-state index contributed by atoms with van der Waals surface area (Å²) in [7, 11) is 0. The Morgan fingerprint density at radius 1 is 1.00 bits per heavy atom. The maximum absolute atomic E-state index is 8.73. The van der Waals surface area contributed by atoms with Crippen LogP contribution in [-0.2, 0) is 0 Å². The molecular formula is C9H10O. The van der Waals surface area contributed by atoms with Gasteiger partial charge in [0.2, 0.25) is 0 Å². The molecule has 0 aliphatic heterocycles. The molecule has 0 heterocycles. The molecule has 0 radical (unpaired) electrons. The molecule has 0 bridgehead atoms. The lowest BCUT2D eigenvalue weighted by Crippen LogP contribution is -1.84. The second-order valence-corrected chi connectivity index (χ2v) is 2.03. The fraction of sp³-hybridized carbons (Fsp3) is 0.111. The fourth-order valence-corrected chi connectivity index (χ4v) is 0.712. The quantitative estimate of drug-likeness (QED) is 0.577. The average molecular weight is 134 g/mol. The summed E-state index contributed by atoms with van der Waals surface area (Å²) >= 11 is 0. The number of rotatable bonds is 1. The van der Waals surface area contributed by atoms with E-state index in [9.17, 15) is 0 Å². The van der Waals surface area contributed by atoms with Gasteiger partial charge in [0.05, 0.1) is 6.61 Å². The van der Waals surface area contributed by atoms with Crippen molar-refractivity contribution in [3.8, 4) is 0 Å². The van der Waals surface area contributed by atoms with Crippen molar-refractivity contribution in [3.63, 3.8) is 0 Å². The number of allylic oxidation sites excluding steroid dienone is 6. The molecule has 1 N–H and O–H groups in total. The van der Waals surface area contributed by atoms with Crippen LogP contribution in [0.2, 0.25) is 0 Å². The Morgan fingerprint density at radius 3 is 2.50 bits per heavy atom. The van der Waals surface area contributed by atoms with Crippen LogP contribution < -0.4 is 0 Å². The van der Waals surface area contributed by atoms with Crippen molar-refractivity contribution in [2.24, 2.45) is 0 Å². The highest BCUT2D eigenvalue weighted by Gasteiger charge is 1.85. The minimum absolute atomic E-state index is 0.106. The van der Waals surface area contributed by atoms with Gasteiger partial charge in [-0.2, -0.15) is 0 Å². The molecule has 0 unspecified atom stereocenters. The first-order valence-electron chi connectivity index (χ1n) is 3.25. The van der Waals surface area contributed by atoms with Gasteiger partial charge in [-0.15, -0.1) is 0 Å². The van der Waals surface area contributed by atoms with Crippen LogP contribution >= 0.6 is 0 Å². The monoisotopic (exact) mass is 134 g/mol. The molecule has 0 aromatic carbocycles. The van der Waals surface area contributed by atoms with Crippen molar-refractivity contribution in [2.75, 3.05) is 6.61 Å². The molecule has 1 rings (SSSR count). The van der Waals surface area contributed by atoms with E-state index in [2.05, 4.69) is 0 Å². The maximum atomic E-state index is 8.73. The first kappa shape index (κ1) is 7.03. The lowest BCUT2D eigenvalue weighted by atomic mass is 10.2. The van der Waals surface area contributed by atoms with Crippen molar-refractivity contribution < 1.29 is 5.11 Å². The van der Waals surface area contributed by atoms with Gasteiger partial charge in [-0.3, -0.25) is 0 Å². The smallest absolute Gasteiger partial charge is 0.0681 e. The zero-order chi connectivity index (χ0) is 7.23. The summed E-state index contributed by atoms with van der Waals surface area (Å²) < 4.78 is 0. The normalized spacial score (nSPS) is 31.1. The van der Waals surface area contributed by atoms with Gasteiger partial charge in [-0.05, 0) is 5.57 Å². The molecule has 0 fully saturated rings. The highest BCUT2D eigenvalue weighted by Crippen LogP contribution is 1.99. The second kappa shape index (κ2) is 3.85. The van der Waals surface area contributed by atoms with Crippen LogP contribution in [0.3, 0.4) is 0 Å². The Balaban J connectivity index is 2.73. The van der Waals surface area contributed by atoms with Gasteiger partial charge in [0.25, 0.3) is 0 Å². The molecule has 0 aromatic heterocycles. The van der Waals surface area contributed by atoms with E-state index in [1.54, 1.807) is 0 Å². The molecule has 0 amide bonds. The van der Waals surface area contributed by atoms with Gasteiger partial charge in [-0.1, -0.05) is 42.5 Å². The Kier molecular flexibility index (Phi) is 2.71. The SMILES string of the molecule is OCC1=C/C=C\C=C/C=C\1. The van der Waals surface area contributed by atoms with E-state index in [-0.39, 0.29) is 6.61 Å². The minimum Gasteiger partial charge on any atom is -0.392 e. The molecule has 10 heavy (non-hydrogen) atoms. The van der Waals surface area contributed by atoms with Crippen LogP contribution in [0.25, 0.3) is 0 Å². The second-order valence-electron chi connectivity index (χ2n) is 2.03. The van der Waals surface area contributed by atoms with Gasteiger partial charge >= 0.3 is 0 Å². The number of hydrogen-bond acceptors (Lipinski definition) is 1. The number of aliphatic hydroxyl groups excluding tert-OH is 1. The molecule has 0 saturated heterocycles. The standard InChI is InChI=1S/C9H10O/c10-8-9-6-4-2-1-3-5-7-9/h1-7,10H,8H2/b2-1-,3-1?,4-2?,5-3-,6-4-,7-5?,9-6?,9-7+. The largest absolute Gasteiger partial charge is 0.392 e. The molecule has 0 saturated carbocycles. The third kappa shape index (κ3) is 2.03. The average Bonchev–Trinajstić information content (AvgIpc) is 1.87.